The predicted molar refractivity (Wildman–Crippen MR) is 102 cm³/mol. The second-order valence-corrected chi connectivity index (χ2v) is 6.30. The largest absolute Gasteiger partial charge is 0.508 e. The minimum absolute atomic E-state index is 0.0377. The fourth-order valence-corrected chi connectivity index (χ4v) is 2.94. The average molecular weight is 367 g/mol. The first kappa shape index (κ1) is 18.5. The maximum atomic E-state index is 12.2. The van der Waals surface area contributed by atoms with Crippen LogP contribution in [0.3, 0.4) is 0 Å². The molecule has 6 nitrogen and oxygen atoms in total. The maximum Gasteiger partial charge on any atom is 0.339 e. The third kappa shape index (κ3) is 4.28. The molecule has 0 aliphatic carbocycles. The van der Waals surface area contributed by atoms with Crippen LogP contribution >= 0.6 is 0 Å². The number of rotatable bonds is 6. The topological polar surface area (TPSA) is 88.8 Å². The summed E-state index contributed by atoms with van der Waals surface area (Å²) in [6, 6.07) is 12.1. The number of aromatic hydroxyl groups is 1. The van der Waals surface area contributed by atoms with Gasteiger partial charge in [-0.3, -0.25) is 4.79 Å². The molecule has 3 rings (SSSR count). The first-order valence-electron chi connectivity index (χ1n) is 8.63. The van der Waals surface area contributed by atoms with E-state index in [4.69, 9.17) is 9.15 Å². The lowest BCUT2D eigenvalue weighted by molar-refractivity contribution is -0.121. The van der Waals surface area contributed by atoms with Gasteiger partial charge in [0.1, 0.15) is 17.1 Å². The Kier molecular flexibility index (Phi) is 5.45. The normalized spacial score (nSPS) is 10.7. The number of hydrogen-bond acceptors (Lipinski definition) is 5. The molecule has 0 bridgehead atoms. The molecule has 2 N–H and O–H groups in total. The van der Waals surface area contributed by atoms with Crippen LogP contribution in [0.2, 0.25) is 0 Å². The number of benzene rings is 2. The first-order valence-corrected chi connectivity index (χ1v) is 8.63. The van der Waals surface area contributed by atoms with Crippen molar-refractivity contribution in [2.75, 3.05) is 7.11 Å². The Hall–Kier alpha value is -3.28. The number of phenols is 1. The van der Waals surface area contributed by atoms with Gasteiger partial charge in [0, 0.05) is 30.0 Å². The Labute approximate surface area is 156 Å². The van der Waals surface area contributed by atoms with Crippen LogP contribution in [0.25, 0.3) is 11.0 Å². The molecular formula is C21H21NO5. The molecule has 6 heteroatoms. The van der Waals surface area contributed by atoms with Gasteiger partial charge in [-0.2, -0.15) is 0 Å². The average Bonchev–Trinajstić information content (AvgIpc) is 2.66. The van der Waals surface area contributed by atoms with Gasteiger partial charge in [-0.25, -0.2) is 4.79 Å². The highest BCUT2D eigenvalue weighted by Gasteiger charge is 2.13. The van der Waals surface area contributed by atoms with Crippen LogP contribution < -0.4 is 15.7 Å². The van der Waals surface area contributed by atoms with Gasteiger partial charge in [-0.05, 0) is 48.7 Å². The molecule has 0 radical (unpaired) electrons. The molecule has 0 fully saturated rings. The van der Waals surface area contributed by atoms with E-state index in [-0.39, 0.29) is 18.1 Å². The Bertz CT molecular complexity index is 1020. The molecule has 0 aliphatic heterocycles. The lowest BCUT2D eigenvalue weighted by Crippen LogP contribution is -2.24. The van der Waals surface area contributed by atoms with E-state index in [1.165, 1.54) is 6.07 Å². The van der Waals surface area contributed by atoms with Gasteiger partial charge in [0.15, 0.2) is 0 Å². The third-order valence-corrected chi connectivity index (χ3v) is 4.52. The number of nitrogens with one attached hydrogen (secondary N) is 1. The number of methoxy groups -OCH3 is 1. The van der Waals surface area contributed by atoms with Crippen LogP contribution in [-0.4, -0.2) is 18.1 Å². The fourth-order valence-electron chi connectivity index (χ4n) is 2.94. The van der Waals surface area contributed by atoms with Gasteiger partial charge in [-0.1, -0.05) is 12.1 Å². The maximum absolute atomic E-state index is 12.2. The standard InChI is InChI=1S/C21H21NO5/c1-13-17-8-5-15(23)11-19(17)27-21(25)18(13)9-10-20(24)22-12-14-3-6-16(26-2)7-4-14/h3-8,11,23H,9-10,12H2,1-2H3,(H,22,24). The molecule has 2 aromatic carbocycles. The number of fused-ring (bicyclic) bond motifs is 1. The van der Waals surface area contributed by atoms with Gasteiger partial charge in [0.25, 0.3) is 0 Å². The quantitative estimate of drug-likeness (QED) is 0.654. The summed E-state index contributed by atoms with van der Waals surface area (Å²) >= 11 is 0. The zero-order chi connectivity index (χ0) is 19.4. The van der Waals surface area contributed by atoms with Crippen molar-refractivity contribution in [1.29, 1.82) is 0 Å². The van der Waals surface area contributed by atoms with Crippen molar-refractivity contribution >= 4 is 16.9 Å². The van der Waals surface area contributed by atoms with Crippen LogP contribution in [0.4, 0.5) is 0 Å². The van der Waals surface area contributed by atoms with Crippen LogP contribution in [0.1, 0.15) is 23.1 Å². The van der Waals surface area contributed by atoms with Crippen molar-refractivity contribution in [2.24, 2.45) is 0 Å². The van der Waals surface area contributed by atoms with Crippen molar-refractivity contribution in [3.8, 4) is 11.5 Å². The molecule has 0 unspecified atom stereocenters. The number of carbonyl (C=O) groups excluding carboxylic acids is 1. The Morgan fingerprint density at radius 1 is 1.19 bits per heavy atom. The van der Waals surface area contributed by atoms with E-state index in [9.17, 15) is 14.7 Å². The number of aryl methyl sites for hydroxylation is 1. The van der Waals surface area contributed by atoms with Gasteiger partial charge >= 0.3 is 5.63 Å². The van der Waals surface area contributed by atoms with E-state index >= 15 is 0 Å². The second-order valence-electron chi connectivity index (χ2n) is 6.30. The summed E-state index contributed by atoms with van der Waals surface area (Å²) in [5.74, 6) is 0.656. The summed E-state index contributed by atoms with van der Waals surface area (Å²) in [6.45, 7) is 2.23. The van der Waals surface area contributed by atoms with Crippen molar-refractivity contribution < 1.29 is 19.1 Å². The van der Waals surface area contributed by atoms with Crippen molar-refractivity contribution in [3.63, 3.8) is 0 Å². The van der Waals surface area contributed by atoms with Gasteiger partial charge < -0.3 is 19.6 Å². The summed E-state index contributed by atoms with van der Waals surface area (Å²) in [6.07, 6.45) is 0.477. The van der Waals surface area contributed by atoms with Gasteiger partial charge in [0.05, 0.1) is 7.11 Å². The molecule has 27 heavy (non-hydrogen) atoms. The van der Waals surface area contributed by atoms with E-state index in [2.05, 4.69) is 5.32 Å². The van der Waals surface area contributed by atoms with Crippen molar-refractivity contribution in [3.05, 3.63) is 69.6 Å². The Morgan fingerprint density at radius 2 is 1.93 bits per heavy atom. The van der Waals surface area contributed by atoms with Crippen molar-refractivity contribution in [1.82, 2.24) is 5.32 Å². The van der Waals surface area contributed by atoms with Gasteiger partial charge in [-0.15, -0.1) is 0 Å². The summed E-state index contributed by atoms with van der Waals surface area (Å²) in [5.41, 5.74) is 2.07. The first-order chi connectivity index (χ1) is 13.0. The van der Waals surface area contributed by atoms with E-state index in [1.54, 1.807) is 19.2 Å². The van der Waals surface area contributed by atoms with Crippen LogP contribution in [-0.2, 0) is 17.8 Å². The number of hydrogen-bond donors (Lipinski definition) is 2. The number of amides is 1. The zero-order valence-electron chi connectivity index (χ0n) is 15.2. The lowest BCUT2D eigenvalue weighted by atomic mass is 10.0. The lowest BCUT2D eigenvalue weighted by Gasteiger charge is -2.09. The van der Waals surface area contributed by atoms with Crippen molar-refractivity contribution in [2.45, 2.75) is 26.3 Å². The number of carbonyl (C=O) groups is 1. The van der Waals surface area contributed by atoms with E-state index in [0.29, 0.717) is 24.1 Å². The Morgan fingerprint density at radius 3 is 2.63 bits per heavy atom. The van der Waals surface area contributed by atoms with E-state index in [1.807, 2.05) is 31.2 Å². The highest BCUT2D eigenvalue weighted by atomic mass is 16.5. The summed E-state index contributed by atoms with van der Waals surface area (Å²) in [7, 11) is 1.60. The number of phenolic OH excluding ortho intramolecular Hbond substituents is 1. The van der Waals surface area contributed by atoms with Crippen LogP contribution in [0, 0.1) is 6.92 Å². The molecule has 0 saturated heterocycles. The molecule has 0 spiro atoms. The van der Waals surface area contributed by atoms with E-state index < -0.39 is 5.63 Å². The molecular weight excluding hydrogens is 346 g/mol. The number of ether oxygens (including phenoxy) is 1. The molecule has 0 aliphatic rings. The summed E-state index contributed by atoms with van der Waals surface area (Å²) in [4.78, 5) is 24.4. The van der Waals surface area contributed by atoms with E-state index in [0.717, 1.165) is 22.3 Å². The molecule has 3 aromatic rings. The predicted octanol–water partition coefficient (Wildman–Crippen LogP) is 3.06. The third-order valence-electron chi connectivity index (χ3n) is 4.52. The highest BCUT2D eigenvalue weighted by Crippen LogP contribution is 2.23. The zero-order valence-corrected chi connectivity index (χ0v) is 15.2. The molecule has 0 saturated carbocycles. The Balaban J connectivity index is 1.64. The van der Waals surface area contributed by atoms with Gasteiger partial charge in [0.2, 0.25) is 5.91 Å². The minimum Gasteiger partial charge on any atom is -0.508 e. The molecule has 1 amide bonds. The minimum atomic E-state index is -0.478. The molecule has 1 aromatic heterocycles. The second kappa shape index (κ2) is 7.95. The summed E-state index contributed by atoms with van der Waals surface area (Å²) in [5, 5.41) is 13.1. The fraction of sp³-hybridized carbons (Fsp3) is 0.238. The monoisotopic (exact) mass is 367 g/mol. The smallest absolute Gasteiger partial charge is 0.339 e. The highest BCUT2D eigenvalue weighted by molar-refractivity contribution is 5.82. The SMILES string of the molecule is COc1ccc(CNC(=O)CCc2c(C)c3ccc(O)cc3oc2=O)cc1. The van der Waals surface area contributed by atoms with Crippen LogP contribution in [0.5, 0.6) is 11.5 Å². The molecule has 0 atom stereocenters. The summed E-state index contributed by atoms with van der Waals surface area (Å²) < 4.78 is 10.4. The molecule has 140 valence electrons. The van der Waals surface area contributed by atoms with Crippen LogP contribution in [0.15, 0.2) is 51.7 Å². The molecule has 1 heterocycles.